The molecule has 0 atom stereocenters. The minimum atomic E-state index is -0.291. The fourth-order valence-electron chi connectivity index (χ4n) is 3.28. The lowest BCUT2D eigenvalue weighted by Crippen LogP contribution is -2.25. The zero-order valence-electron chi connectivity index (χ0n) is 18.7. The number of benzene rings is 2. The van der Waals surface area contributed by atoms with Crippen LogP contribution in [0.5, 0.6) is 17.4 Å². The van der Waals surface area contributed by atoms with Gasteiger partial charge in [-0.25, -0.2) is 9.37 Å². The van der Waals surface area contributed by atoms with Gasteiger partial charge in [-0.1, -0.05) is 12.1 Å². The molecule has 172 valence electrons. The second kappa shape index (κ2) is 11.0. The third-order valence-electron chi connectivity index (χ3n) is 5.00. The molecule has 4 rings (SSSR count). The zero-order valence-corrected chi connectivity index (χ0v) is 18.7. The van der Waals surface area contributed by atoms with Crippen molar-refractivity contribution in [2.24, 2.45) is 0 Å². The normalized spacial score (nSPS) is 10.5. The highest BCUT2D eigenvalue weighted by Crippen LogP contribution is 2.23. The summed E-state index contributed by atoms with van der Waals surface area (Å²) < 4.78 is 24.7. The highest BCUT2D eigenvalue weighted by molar-refractivity contribution is 5.93. The van der Waals surface area contributed by atoms with Crippen molar-refractivity contribution in [1.82, 2.24) is 15.3 Å². The summed E-state index contributed by atoms with van der Waals surface area (Å²) in [7, 11) is 0. The van der Waals surface area contributed by atoms with E-state index in [9.17, 15) is 9.18 Å². The topological polar surface area (TPSA) is 73.3 Å². The van der Waals surface area contributed by atoms with Gasteiger partial charge in [0.15, 0.2) is 0 Å². The van der Waals surface area contributed by atoms with E-state index in [4.69, 9.17) is 9.47 Å². The molecule has 0 radical (unpaired) electrons. The van der Waals surface area contributed by atoms with Crippen molar-refractivity contribution < 1.29 is 18.7 Å². The van der Waals surface area contributed by atoms with Gasteiger partial charge in [0, 0.05) is 30.7 Å². The van der Waals surface area contributed by atoms with Crippen LogP contribution >= 0.6 is 0 Å². The lowest BCUT2D eigenvalue weighted by molar-refractivity contribution is 0.0953. The largest absolute Gasteiger partial charge is 0.489 e. The zero-order chi connectivity index (χ0) is 23.8. The van der Waals surface area contributed by atoms with Crippen LogP contribution in [0, 0.1) is 12.7 Å². The molecule has 0 spiro atoms. The Morgan fingerprint density at radius 1 is 0.941 bits per heavy atom. The first-order valence-electron chi connectivity index (χ1n) is 10.9. The van der Waals surface area contributed by atoms with E-state index in [1.54, 1.807) is 54.7 Å². The minimum Gasteiger partial charge on any atom is -0.489 e. The predicted octanol–water partition coefficient (Wildman–Crippen LogP) is 5.27. The molecular formula is C27H24FN3O3. The smallest absolute Gasteiger partial charge is 0.252 e. The maximum absolute atomic E-state index is 13.3. The molecule has 0 fully saturated rings. The monoisotopic (exact) mass is 457 g/mol. The Morgan fingerprint density at radius 3 is 2.50 bits per heavy atom. The van der Waals surface area contributed by atoms with Crippen LogP contribution in [0.4, 0.5) is 4.39 Å². The van der Waals surface area contributed by atoms with Crippen molar-refractivity contribution in [3.63, 3.8) is 0 Å². The Morgan fingerprint density at radius 2 is 1.76 bits per heavy atom. The number of carbonyl (C=O) groups excluding carboxylic acids is 1. The molecule has 0 aliphatic carbocycles. The average molecular weight is 458 g/mol. The van der Waals surface area contributed by atoms with Gasteiger partial charge in [-0.05, 0) is 79.1 Å². The van der Waals surface area contributed by atoms with E-state index in [1.165, 1.54) is 18.3 Å². The van der Waals surface area contributed by atoms with E-state index in [0.29, 0.717) is 29.5 Å². The molecule has 1 N–H and O–H groups in total. The van der Waals surface area contributed by atoms with Crippen LogP contribution in [0.25, 0.3) is 0 Å². The first-order chi connectivity index (χ1) is 16.5. The van der Waals surface area contributed by atoms with Crippen molar-refractivity contribution in [2.45, 2.75) is 20.0 Å². The number of amides is 1. The Bertz CT molecular complexity index is 1240. The van der Waals surface area contributed by atoms with Crippen molar-refractivity contribution in [2.75, 3.05) is 6.54 Å². The minimum absolute atomic E-state index is 0.190. The molecule has 2 aromatic carbocycles. The lowest BCUT2D eigenvalue weighted by atomic mass is 10.1. The number of aryl methyl sites for hydroxylation is 1. The highest BCUT2D eigenvalue weighted by Gasteiger charge is 2.07. The molecule has 0 saturated heterocycles. The van der Waals surface area contributed by atoms with Gasteiger partial charge in [-0.15, -0.1) is 0 Å². The molecule has 0 bridgehead atoms. The summed E-state index contributed by atoms with van der Waals surface area (Å²) in [5.74, 6) is 1.11. The molecule has 34 heavy (non-hydrogen) atoms. The molecule has 7 heteroatoms. The number of nitrogens with zero attached hydrogens (tertiary/aromatic N) is 2. The van der Waals surface area contributed by atoms with Gasteiger partial charge in [-0.3, -0.25) is 9.78 Å². The van der Waals surface area contributed by atoms with Crippen LogP contribution in [-0.2, 0) is 13.0 Å². The van der Waals surface area contributed by atoms with Crippen LogP contribution in [-0.4, -0.2) is 22.4 Å². The first kappa shape index (κ1) is 22.9. The molecule has 1 amide bonds. The summed E-state index contributed by atoms with van der Waals surface area (Å²) >= 11 is 0. The van der Waals surface area contributed by atoms with E-state index in [-0.39, 0.29) is 18.3 Å². The van der Waals surface area contributed by atoms with E-state index >= 15 is 0 Å². The van der Waals surface area contributed by atoms with E-state index in [0.717, 1.165) is 23.2 Å². The van der Waals surface area contributed by atoms with Gasteiger partial charge >= 0.3 is 0 Å². The third-order valence-corrected chi connectivity index (χ3v) is 5.00. The van der Waals surface area contributed by atoms with Gasteiger partial charge < -0.3 is 14.8 Å². The predicted molar refractivity (Wildman–Crippen MR) is 126 cm³/mol. The molecule has 0 saturated carbocycles. The molecule has 0 aliphatic rings. The van der Waals surface area contributed by atoms with Crippen LogP contribution in [0.15, 0.2) is 85.2 Å². The number of hydrogen-bond acceptors (Lipinski definition) is 5. The van der Waals surface area contributed by atoms with Gasteiger partial charge in [0.05, 0.1) is 5.56 Å². The fraction of sp³-hybridized carbons (Fsp3) is 0.148. The Hall–Kier alpha value is -4.26. The molecule has 2 aromatic heterocycles. The number of pyridine rings is 2. The quantitative estimate of drug-likeness (QED) is 0.371. The summed E-state index contributed by atoms with van der Waals surface area (Å²) in [6, 6.07) is 20.6. The second-order valence-corrected chi connectivity index (χ2v) is 7.69. The third kappa shape index (κ3) is 6.62. The van der Waals surface area contributed by atoms with Gasteiger partial charge in [0.1, 0.15) is 23.9 Å². The standard InChI is InChI=1S/C27H24FN3O3/c1-19-15-20(11-13-29-19)12-14-30-27(32)22-5-10-26(31-17-22)34-25-8-6-24(7-9-25)33-18-21-3-2-4-23(28)16-21/h2-11,13,15-17H,12,14,18H2,1H3,(H,30,32). The fourth-order valence-corrected chi connectivity index (χ4v) is 3.28. The highest BCUT2D eigenvalue weighted by atomic mass is 19.1. The Kier molecular flexibility index (Phi) is 7.45. The summed E-state index contributed by atoms with van der Waals surface area (Å²) in [5, 5.41) is 2.89. The van der Waals surface area contributed by atoms with E-state index < -0.39 is 0 Å². The van der Waals surface area contributed by atoms with Crippen molar-refractivity contribution in [3.8, 4) is 17.4 Å². The SMILES string of the molecule is Cc1cc(CCNC(=O)c2ccc(Oc3ccc(OCc4cccc(F)c4)cc3)nc2)ccn1. The molecule has 2 heterocycles. The average Bonchev–Trinajstić information content (AvgIpc) is 2.84. The maximum atomic E-state index is 13.3. The van der Waals surface area contributed by atoms with Crippen LogP contribution in [0.3, 0.4) is 0 Å². The number of halogens is 1. The van der Waals surface area contributed by atoms with Crippen LogP contribution < -0.4 is 14.8 Å². The number of aromatic nitrogens is 2. The molecule has 0 unspecified atom stereocenters. The number of ether oxygens (including phenoxy) is 2. The molecule has 0 aliphatic heterocycles. The Labute approximate surface area is 197 Å². The second-order valence-electron chi connectivity index (χ2n) is 7.69. The summed E-state index contributed by atoms with van der Waals surface area (Å²) in [4.78, 5) is 20.7. The lowest BCUT2D eigenvalue weighted by Gasteiger charge is -2.09. The number of nitrogens with one attached hydrogen (secondary N) is 1. The molecule has 6 nitrogen and oxygen atoms in total. The van der Waals surface area contributed by atoms with Crippen molar-refractivity contribution in [1.29, 1.82) is 0 Å². The van der Waals surface area contributed by atoms with Crippen LogP contribution in [0.1, 0.15) is 27.2 Å². The maximum Gasteiger partial charge on any atom is 0.252 e. The van der Waals surface area contributed by atoms with Gasteiger partial charge in [0.2, 0.25) is 5.88 Å². The summed E-state index contributed by atoms with van der Waals surface area (Å²) in [6.45, 7) is 2.73. The van der Waals surface area contributed by atoms with E-state index in [2.05, 4.69) is 15.3 Å². The number of hydrogen-bond donors (Lipinski definition) is 1. The molecular weight excluding hydrogens is 433 g/mol. The molecule has 4 aromatic rings. The summed E-state index contributed by atoms with van der Waals surface area (Å²) in [6.07, 6.45) is 3.98. The van der Waals surface area contributed by atoms with Crippen LogP contribution in [0.2, 0.25) is 0 Å². The summed E-state index contributed by atoms with van der Waals surface area (Å²) in [5.41, 5.74) is 3.29. The number of carbonyl (C=O) groups is 1. The first-order valence-corrected chi connectivity index (χ1v) is 10.9. The Balaban J connectivity index is 1.25. The van der Waals surface area contributed by atoms with Gasteiger partial charge in [-0.2, -0.15) is 0 Å². The number of rotatable bonds is 9. The van der Waals surface area contributed by atoms with Crippen molar-refractivity contribution >= 4 is 5.91 Å². The van der Waals surface area contributed by atoms with Crippen molar-refractivity contribution in [3.05, 3.63) is 113 Å². The van der Waals surface area contributed by atoms with E-state index in [1.807, 2.05) is 19.1 Å². The van der Waals surface area contributed by atoms with Gasteiger partial charge in [0.25, 0.3) is 5.91 Å².